The fourth-order valence-corrected chi connectivity index (χ4v) is 3.23. The van der Waals surface area contributed by atoms with Gasteiger partial charge in [-0.25, -0.2) is 0 Å². The number of aliphatic imine (C=N–C) groups is 1. The number of fused-ring (bicyclic) bond motifs is 1. The first-order chi connectivity index (χ1) is 10.7. The highest BCUT2D eigenvalue weighted by atomic mass is 15.3. The van der Waals surface area contributed by atoms with Crippen LogP contribution in [0.15, 0.2) is 11.2 Å². The van der Waals surface area contributed by atoms with Crippen LogP contribution in [-0.4, -0.2) is 35.4 Å². The van der Waals surface area contributed by atoms with Gasteiger partial charge in [-0.1, -0.05) is 6.42 Å². The number of hydrogen-bond acceptors (Lipinski definition) is 2. The number of nitrogens with zero attached hydrogens (tertiary/aromatic N) is 3. The van der Waals surface area contributed by atoms with E-state index in [1.807, 2.05) is 7.05 Å². The molecule has 0 saturated heterocycles. The highest BCUT2D eigenvalue weighted by Crippen LogP contribution is 2.25. The minimum Gasteiger partial charge on any atom is -0.356 e. The topological polar surface area (TPSA) is 54.2 Å². The Morgan fingerprint density at radius 3 is 2.86 bits per heavy atom. The van der Waals surface area contributed by atoms with Crippen LogP contribution in [0.2, 0.25) is 0 Å². The van der Waals surface area contributed by atoms with Crippen molar-refractivity contribution in [3.63, 3.8) is 0 Å². The zero-order valence-electron chi connectivity index (χ0n) is 14.1. The molecule has 1 atom stereocenters. The first kappa shape index (κ1) is 15.4. The third-order valence-electron chi connectivity index (χ3n) is 4.97. The molecule has 1 heterocycles. The van der Waals surface area contributed by atoms with Gasteiger partial charge in [-0.15, -0.1) is 0 Å². The molecule has 0 spiro atoms. The molecule has 1 aromatic rings. The predicted molar refractivity (Wildman–Crippen MR) is 90.3 cm³/mol. The monoisotopic (exact) mass is 303 g/mol. The molecule has 0 aliphatic heterocycles. The summed E-state index contributed by atoms with van der Waals surface area (Å²) in [5, 5.41) is 11.8. The first-order valence-corrected chi connectivity index (χ1v) is 8.69. The van der Waals surface area contributed by atoms with Gasteiger partial charge < -0.3 is 10.6 Å². The van der Waals surface area contributed by atoms with E-state index < -0.39 is 0 Å². The van der Waals surface area contributed by atoms with Gasteiger partial charge in [0.2, 0.25) is 0 Å². The van der Waals surface area contributed by atoms with Crippen LogP contribution in [-0.2, 0) is 12.8 Å². The summed E-state index contributed by atoms with van der Waals surface area (Å²) in [5.74, 6) is 1.79. The molecular weight excluding hydrogens is 274 g/mol. The summed E-state index contributed by atoms with van der Waals surface area (Å²) < 4.78 is 2.09. The molecule has 5 heteroatoms. The smallest absolute Gasteiger partial charge is 0.191 e. The normalized spacial score (nSPS) is 22.4. The molecule has 3 rings (SSSR count). The van der Waals surface area contributed by atoms with Gasteiger partial charge in [0.1, 0.15) is 0 Å². The minimum atomic E-state index is 0.439. The van der Waals surface area contributed by atoms with Crippen LogP contribution in [0.4, 0.5) is 0 Å². The molecule has 2 N–H and O–H groups in total. The standard InChI is InChI=1S/C17H29N5/c1-12(2)22-11-14-7-8-15(9-16(14)21-22)20-17(18-3)19-10-13-5-4-6-13/h11-13,15H,4-10H2,1-3H3,(H2,18,19,20). The van der Waals surface area contributed by atoms with E-state index in [4.69, 9.17) is 5.10 Å². The zero-order valence-corrected chi connectivity index (χ0v) is 14.1. The van der Waals surface area contributed by atoms with E-state index in [-0.39, 0.29) is 0 Å². The summed E-state index contributed by atoms with van der Waals surface area (Å²) in [6.07, 6.45) is 9.61. The number of aromatic nitrogens is 2. The third kappa shape index (κ3) is 3.45. The third-order valence-corrected chi connectivity index (χ3v) is 4.97. The number of hydrogen-bond donors (Lipinski definition) is 2. The number of guanidine groups is 1. The number of aryl methyl sites for hydroxylation is 1. The fourth-order valence-electron chi connectivity index (χ4n) is 3.23. The predicted octanol–water partition coefficient (Wildman–Crippen LogP) is 2.29. The molecule has 0 bridgehead atoms. The lowest BCUT2D eigenvalue weighted by molar-refractivity contribution is 0.314. The highest BCUT2D eigenvalue weighted by Gasteiger charge is 2.23. The largest absolute Gasteiger partial charge is 0.356 e. The van der Waals surface area contributed by atoms with Gasteiger partial charge in [0.15, 0.2) is 5.96 Å². The number of rotatable bonds is 4. The molecule has 1 unspecified atom stereocenters. The van der Waals surface area contributed by atoms with E-state index in [1.54, 1.807) is 0 Å². The van der Waals surface area contributed by atoms with Crippen molar-refractivity contribution in [2.75, 3.05) is 13.6 Å². The van der Waals surface area contributed by atoms with Crippen LogP contribution in [0.3, 0.4) is 0 Å². The molecule has 1 aromatic heterocycles. The van der Waals surface area contributed by atoms with Crippen LogP contribution in [0.25, 0.3) is 0 Å². The second-order valence-corrected chi connectivity index (χ2v) is 7.01. The Kier molecular flexibility index (Phi) is 4.69. The maximum absolute atomic E-state index is 4.75. The summed E-state index contributed by atoms with van der Waals surface area (Å²) in [6, 6.07) is 0.879. The van der Waals surface area contributed by atoms with Crippen molar-refractivity contribution in [1.82, 2.24) is 20.4 Å². The summed E-state index contributed by atoms with van der Waals surface area (Å²) in [7, 11) is 1.86. The van der Waals surface area contributed by atoms with Gasteiger partial charge in [-0.05, 0) is 51.0 Å². The average Bonchev–Trinajstić information content (AvgIpc) is 2.87. The highest BCUT2D eigenvalue weighted by molar-refractivity contribution is 5.80. The van der Waals surface area contributed by atoms with Crippen molar-refractivity contribution in [2.24, 2.45) is 10.9 Å². The lowest BCUT2D eigenvalue weighted by Gasteiger charge is -2.28. The van der Waals surface area contributed by atoms with Gasteiger partial charge in [-0.3, -0.25) is 9.67 Å². The van der Waals surface area contributed by atoms with Crippen molar-refractivity contribution < 1.29 is 0 Å². The van der Waals surface area contributed by atoms with Crippen molar-refractivity contribution >= 4 is 5.96 Å². The molecular formula is C17H29N5. The molecule has 0 amide bonds. The quantitative estimate of drug-likeness (QED) is 0.663. The SMILES string of the molecule is CN=C(NCC1CCC1)NC1CCc2cn(C(C)C)nc2C1. The lowest BCUT2D eigenvalue weighted by atomic mass is 9.85. The van der Waals surface area contributed by atoms with Gasteiger partial charge in [-0.2, -0.15) is 5.10 Å². The molecule has 2 aliphatic carbocycles. The van der Waals surface area contributed by atoms with Crippen LogP contribution in [0.5, 0.6) is 0 Å². The maximum Gasteiger partial charge on any atom is 0.191 e. The maximum atomic E-state index is 4.75. The Morgan fingerprint density at radius 1 is 1.41 bits per heavy atom. The Morgan fingerprint density at radius 2 is 2.23 bits per heavy atom. The van der Waals surface area contributed by atoms with Crippen LogP contribution >= 0.6 is 0 Å². The van der Waals surface area contributed by atoms with E-state index in [0.29, 0.717) is 12.1 Å². The van der Waals surface area contributed by atoms with Gasteiger partial charge in [0.25, 0.3) is 0 Å². The Balaban J connectivity index is 1.54. The summed E-state index contributed by atoms with van der Waals surface area (Å²) in [5.41, 5.74) is 2.68. The molecule has 0 radical (unpaired) electrons. The van der Waals surface area contributed by atoms with E-state index in [0.717, 1.165) is 37.7 Å². The Hall–Kier alpha value is -1.52. The fraction of sp³-hybridized carbons (Fsp3) is 0.765. The summed E-state index contributed by atoms with van der Waals surface area (Å²) in [6.45, 7) is 5.42. The lowest BCUT2D eigenvalue weighted by Crippen LogP contribution is -2.47. The zero-order chi connectivity index (χ0) is 15.5. The molecule has 122 valence electrons. The summed E-state index contributed by atoms with van der Waals surface area (Å²) in [4.78, 5) is 4.37. The van der Waals surface area contributed by atoms with Crippen LogP contribution in [0.1, 0.15) is 56.8 Å². The molecule has 1 fully saturated rings. The first-order valence-electron chi connectivity index (χ1n) is 8.69. The van der Waals surface area contributed by atoms with Crippen molar-refractivity contribution in [1.29, 1.82) is 0 Å². The van der Waals surface area contributed by atoms with Gasteiger partial charge in [0, 0.05) is 38.3 Å². The van der Waals surface area contributed by atoms with E-state index in [9.17, 15) is 0 Å². The second-order valence-electron chi connectivity index (χ2n) is 7.01. The van der Waals surface area contributed by atoms with Crippen LogP contribution in [0, 0.1) is 5.92 Å². The van der Waals surface area contributed by atoms with E-state index >= 15 is 0 Å². The molecule has 0 aromatic carbocycles. The van der Waals surface area contributed by atoms with Crippen molar-refractivity contribution in [3.05, 3.63) is 17.5 Å². The van der Waals surface area contributed by atoms with Crippen molar-refractivity contribution in [3.8, 4) is 0 Å². The second kappa shape index (κ2) is 6.71. The number of nitrogens with one attached hydrogen (secondary N) is 2. The Bertz CT molecular complexity index is 527. The van der Waals surface area contributed by atoms with Crippen LogP contribution < -0.4 is 10.6 Å². The van der Waals surface area contributed by atoms with Gasteiger partial charge in [0.05, 0.1) is 5.69 Å². The molecule has 22 heavy (non-hydrogen) atoms. The Labute approximate surface area is 133 Å². The van der Waals surface area contributed by atoms with Crippen molar-refractivity contribution in [2.45, 2.75) is 64.5 Å². The van der Waals surface area contributed by atoms with E-state index in [2.05, 4.69) is 40.4 Å². The molecule has 2 aliphatic rings. The van der Waals surface area contributed by atoms with E-state index in [1.165, 1.54) is 30.5 Å². The van der Waals surface area contributed by atoms with Gasteiger partial charge >= 0.3 is 0 Å². The molecule has 5 nitrogen and oxygen atoms in total. The average molecular weight is 303 g/mol. The molecule has 1 saturated carbocycles. The minimum absolute atomic E-state index is 0.439. The summed E-state index contributed by atoms with van der Waals surface area (Å²) >= 11 is 0.